The molecule has 0 saturated heterocycles. The second kappa shape index (κ2) is 8.19. The van der Waals surface area contributed by atoms with E-state index in [2.05, 4.69) is 5.32 Å². The summed E-state index contributed by atoms with van der Waals surface area (Å²) in [6, 6.07) is 15.2. The van der Waals surface area contributed by atoms with Crippen LogP contribution in [0.5, 0.6) is 0 Å². The molecule has 0 radical (unpaired) electrons. The van der Waals surface area contributed by atoms with Gasteiger partial charge in [-0.25, -0.2) is 0 Å². The van der Waals surface area contributed by atoms with Gasteiger partial charge in [0.2, 0.25) is 11.8 Å². The number of nitrogens with one attached hydrogen (secondary N) is 1. The molecule has 5 heteroatoms. The molecule has 26 heavy (non-hydrogen) atoms. The minimum atomic E-state index is -0.278. The lowest BCUT2D eigenvalue weighted by molar-refractivity contribution is -0.129. The minimum absolute atomic E-state index is 0.0756. The summed E-state index contributed by atoms with van der Waals surface area (Å²) in [5.41, 5.74) is 3.12. The molecule has 3 rings (SSSR count). The van der Waals surface area contributed by atoms with Gasteiger partial charge in [-0.1, -0.05) is 48.0 Å². The Morgan fingerprint density at radius 2 is 1.96 bits per heavy atom. The standard InChI is InChI=1S/C21H21ClN2O2/c1-15(25)24-12-10-17-6-2-3-8-19(17)20(24)14-21(26)23-11-9-16-5-4-7-18(22)13-16/h2-8,10,12-13,20H,9,11,14H2,1H3,(H,23,26). The van der Waals surface area contributed by atoms with Crippen LogP contribution in [0.25, 0.3) is 6.08 Å². The van der Waals surface area contributed by atoms with Gasteiger partial charge in [0.25, 0.3) is 0 Å². The first-order chi connectivity index (χ1) is 12.5. The van der Waals surface area contributed by atoms with Crippen molar-refractivity contribution in [3.8, 4) is 0 Å². The molecule has 2 aromatic carbocycles. The van der Waals surface area contributed by atoms with Crippen LogP contribution in [-0.4, -0.2) is 23.3 Å². The summed E-state index contributed by atoms with van der Waals surface area (Å²) in [6.45, 7) is 2.05. The summed E-state index contributed by atoms with van der Waals surface area (Å²) < 4.78 is 0. The van der Waals surface area contributed by atoms with E-state index in [1.54, 1.807) is 11.1 Å². The fourth-order valence-corrected chi connectivity index (χ4v) is 3.41. The van der Waals surface area contributed by atoms with E-state index in [9.17, 15) is 9.59 Å². The molecule has 0 spiro atoms. The van der Waals surface area contributed by atoms with Crippen molar-refractivity contribution in [2.45, 2.75) is 25.8 Å². The molecule has 4 nitrogen and oxygen atoms in total. The van der Waals surface area contributed by atoms with E-state index in [-0.39, 0.29) is 24.3 Å². The number of carbonyl (C=O) groups excluding carboxylic acids is 2. The molecule has 1 heterocycles. The summed E-state index contributed by atoms with van der Waals surface area (Å²) in [5.74, 6) is -0.152. The molecule has 2 aromatic rings. The molecule has 1 aliphatic rings. The Bertz CT molecular complexity index is 847. The monoisotopic (exact) mass is 368 g/mol. The van der Waals surface area contributed by atoms with Crippen molar-refractivity contribution in [3.05, 3.63) is 76.4 Å². The van der Waals surface area contributed by atoms with Gasteiger partial charge >= 0.3 is 0 Å². The van der Waals surface area contributed by atoms with E-state index < -0.39 is 0 Å². The van der Waals surface area contributed by atoms with E-state index in [0.29, 0.717) is 18.0 Å². The van der Waals surface area contributed by atoms with E-state index >= 15 is 0 Å². The van der Waals surface area contributed by atoms with Crippen LogP contribution in [0, 0.1) is 0 Å². The van der Waals surface area contributed by atoms with Crippen LogP contribution in [0.4, 0.5) is 0 Å². The van der Waals surface area contributed by atoms with Gasteiger partial charge in [-0.05, 0) is 41.3 Å². The molecule has 0 fully saturated rings. The molecule has 0 aromatic heterocycles. The minimum Gasteiger partial charge on any atom is -0.356 e. The van der Waals surface area contributed by atoms with Crippen molar-refractivity contribution < 1.29 is 9.59 Å². The van der Waals surface area contributed by atoms with E-state index in [4.69, 9.17) is 11.6 Å². The zero-order valence-electron chi connectivity index (χ0n) is 14.6. The summed E-state index contributed by atoms with van der Waals surface area (Å²) in [5, 5.41) is 3.64. The SMILES string of the molecule is CC(=O)N1C=Cc2ccccc2C1CC(=O)NCCc1cccc(Cl)c1. The Kier molecular flexibility index (Phi) is 5.74. The third kappa shape index (κ3) is 4.33. The van der Waals surface area contributed by atoms with Crippen molar-refractivity contribution in [3.63, 3.8) is 0 Å². The fourth-order valence-electron chi connectivity index (χ4n) is 3.20. The number of rotatable bonds is 5. The Labute approximate surface area is 158 Å². The first-order valence-corrected chi connectivity index (χ1v) is 8.99. The topological polar surface area (TPSA) is 49.4 Å². The van der Waals surface area contributed by atoms with Crippen molar-refractivity contribution in [1.29, 1.82) is 0 Å². The molecule has 0 aliphatic carbocycles. The predicted octanol–water partition coefficient (Wildman–Crippen LogP) is 3.96. The van der Waals surface area contributed by atoms with Crippen LogP contribution in [0.3, 0.4) is 0 Å². The van der Waals surface area contributed by atoms with Gasteiger partial charge in [0, 0.05) is 24.7 Å². The molecular weight excluding hydrogens is 348 g/mol. The molecule has 1 aliphatic heterocycles. The lowest BCUT2D eigenvalue weighted by atomic mass is 9.93. The second-order valence-corrected chi connectivity index (χ2v) is 6.76. The number of benzene rings is 2. The molecule has 0 bridgehead atoms. The van der Waals surface area contributed by atoms with Crippen molar-refractivity contribution in [2.24, 2.45) is 0 Å². The molecule has 0 saturated carbocycles. The quantitative estimate of drug-likeness (QED) is 0.868. The van der Waals surface area contributed by atoms with Gasteiger partial charge in [0.05, 0.1) is 12.5 Å². The average Bonchev–Trinajstić information content (AvgIpc) is 2.62. The first kappa shape index (κ1) is 18.2. The van der Waals surface area contributed by atoms with Crippen molar-refractivity contribution >= 4 is 29.5 Å². The Morgan fingerprint density at radius 3 is 2.73 bits per heavy atom. The summed E-state index contributed by atoms with van der Waals surface area (Å²) >= 11 is 5.98. The second-order valence-electron chi connectivity index (χ2n) is 6.32. The van der Waals surface area contributed by atoms with E-state index in [1.165, 1.54) is 6.92 Å². The number of amides is 2. The highest BCUT2D eigenvalue weighted by atomic mass is 35.5. The van der Waals surface area contributed by atoms with Gasteiger partial charge in [-0.2, -0.15) is 0 Å². The summed E-state index contributed by atoms with van der Waals surface area (Å²) in [4.78, 5) is 26.0. The largest absolute Gasteiger partial charge is 0.356 e. The Balaban J connectivity index is 1.63. The number of halogens is 1. The van der Waals surface area contributed by atoms with E-state index in [0.717, 1.165) is 16.7 Å². The predicted molar refractivity (Wildman–Crippen MR) is 104 cm³/mol. The van der Waals surface area contributed by atoms with Crippen molar-refractivity contribution in [1.82, 2.24) is 10.2 Å². The highest BCUT2D eigenvalue weighted by Crippen LogP contribution is 2.32. The van der Waals surface area contributed by atoms with Crippen LogP contribution >= 0.6 is 11.6 Å². The highest BCUT2D eigenvalue weighted by Gasteiger charge is 2.27. The molecule has 134 valence electrons. The van der Waals surface area contributed by atoms with E-state index in [1.807, 2.05) is 54.6 Å². The zero-order valence-corrected chi connectivity index (χ0v) is 15.4. The summed E-state index contributed by atoms with van der Waals surface area (Å²) in [7, 11) is 0. The number of hydrogen-bond donors (Lipinski definition) is 1. The molecule has 2 amide bonds. The normalized spacial score (nSPS) is 15.5. The maximum atomic E-state index is 12.4. The lowest BCUT2D eigenvalue weighted by Crippen LogP contribution is -2.35. The number of nitrogens with zero attached hydrogens (tertiary/aromatic N) is 1. The number of fused-ring (bicyclic) bond motifs is 1. The van der Waals surface area contributed by atoms with Gasteiger partial charge in [-0.3, -0.25) is 9.59 Å². The zero-order chi connectivity index (χ0) is 18.5. The third-order valence-corrected chi connectivity index (χ3v) is 4.71. The van der Waals surface area contributed by atoms with Crippen LogP contribution in [0.1, 0.15) is 36.1 Å². The molecular formula is C21H21ClN2O2. The van der Waals surface area contributed by atoms with Gasteiger partial charge in [-0.15, -0.1) is 0 Å². The Morgan fingerprint density at radius 1 is 1.15 bits per heavy atom. The van der Waals surface area contributed by atoms with Gasteiger partial charge in [0.15, 0.2) is 0 Å². The molecule has 1 N–H and O–H groups in total. The number of hydrogen-bond acceptors (Lipinski definition) is 2. The molecule has 1 unspecified atom stereocenters. The highest BCUT2D eigenvalue weighted by molar-refractivity contribution is 6.30. The third-order valence-electron chi connectivity index (χ3n) is 4.47. The first-order valence-electron chi connectivity index (χ1n) is 8.62. The van der Waals surface area contributed by atoms with Crippen LogP contribution < -0.4 is 5.32 Å². The maximum absolute atomic E-state index is 12.4. The van der Waals surface area contributed by atoms with Crippen molar-refractivity contribution in [2.75, 3.05) is 6.54 Å². The van der Waals surface area contributed by atoms with Gasteiger partial charge in [0.1, 0.15) is 0 Å². The Hall–Kier alpha value is -2.59. The average molecular weight is 369 g/mol. The van der Waals surface area contributed by atoms with Crippen LogP contribution in [0.15, 0.2) is 54.7 Å². The molecule has 1 atom stereocenters. The fraction of sp³-hybridized carbons (Fsp3) is 0.238. The maximum Gasteiger partial charge on any atom is 0.223 e. The number of carbonyl (C=O) groups is 2. The summed E-state index contributed by atoms with van der Waals surface area (Å²) in [6.07, 6.45) is 4.61. The van der Waals surface area contributed by atoms with Gasteiger partial charge < -0.3 is 10.2 Å². The van der Waals surface area contributed by atoms with Crippen LogP contribution in [0.2, 0.25) is 5.02 Å². The van der Waals surface area contributed by atoms with Crippen LogP contribution in [-0.2, 0) is 16.0 Å². The lowest BCUT2D eigenvalue weighted by Gasteiger charge is -2.32. The smallest absolute Gasteiger partial charge is 0.223 e.